The summed E-state index contributed by atoms with van der Waals surface area (Å²) in [5.41, 5.74) is 3.97. The fraction of sp³-hybridized carbons (Fsp3) is 0.118. The van der Waals surface area contributed by atoms with Gasteiger partial charge in [-0.2, -0.15) is 0 Å². The van der Waals surface area contributed by atoms with Crippen LogP contribution in [0, 0.1) is 6.92 Å². The smallest absolute Gasteiger partial charge is 0.111 e. The fourth-order valence-electron chi connectivity index (χ4n) is 2.34. The molecular formula is C17H13Cl3N2. The van der Waals surface area contributed by atoms with Crippen molar-refractivity contribution in [2.75, 3.05) is 0 Å². The van der Waals surface area contributed by atoms with Crippen molar-refractivity contribution >= 4 is 34.8 Å². The van der Waals surface area contributed by atoms with Crippen molar-refractivity contribution in [2.24, 2.45) is 0 Å². The third kappa shape index (κ3) is 3.30. The fourth-order valence-corrected chi connectivity index (χ4v) is 2.94. The van der Waals surface area contributed by atoms with E-state index in [0.29, 0.717) is 21.5 Å². The summed E-state index contributed by atoms with van der Waals surface area (Å²) in [6, 6.07) is 13.1. The maximum absolute atomic E-state index is 6.22. The minimum absolute atomic E-state index is 0.629. The van der Waals surface area contributed by atoms with Crippen molar-refractivity contribution < 1.29 is 0 Å². The Morgan fingerprint density at radius 2 is 1.64 bits per heavy atom. The van der Waals surface area contributed by atoms with Gasteiger partial charge in [0.25, 0.3) is 0 Å². The van der Waals surface area contributed by atoms with Gasteiger partial charge in [0, 0.05) is 32.7 Å². The molecule has 0 aliphatic rings. The molecule has 0 spiro atoms. The van der Waals surface area contributed by atoms with Gasteiger partial charge in [-0.25, -0.2) is 4.98 Å². The van der Waals surface area contributed by atoms with Gasteiger partial charge < -0.3 is 4.98 Å². The molecular weight excluding hydrogens is 339 g/mol. The lowest BCUT2D eigenvalue weighted by Crippen LogP contribution is -1.92. The predicted molar refractivity (Wildman–Crippen MR) is 93.0 cm³/mol. The zero-order chi connectivity index (χ0) is 15.7. The summed E-state index contributed by atoms with van der Waals surface area (Å²) < 4.78 is 0. The summed E-state index contributed by atoms with van der Waals surface area (Å²) in [6.45, 7) is 2.00. The number of benzene rings is 2. The predicted octanol–water partition coefficient (Wildman–Crippen LogP) is 5.94. The van der Waals surface area contributed by atoms with E-state index < -0.39 is 0 Å². The Kier molecular flexibility index (Phi) is 4.44. The maximum Gasteiger partial charge on any atom is 0.111 e. The Morgan fingerprint density at radius 1 is 0.955 bits per heavy atom. The molecule has 1 N–H and O–H groups in total. The van der Waals surface area contributed by atoms with Crippen LogP contribution in [0.15, 0.2) is 42.5 Å². The summed E-state index contributed by atoms with van der Waals surface area (Å²) in [7, 11) is 0. The van der Waals surface area contributed by atoms with Crippen LogP contribution in [-0.2, 0) is 6.42 Å². The molecule has 112 valence electrons. The zero-order valence-electron chi connectivity index (χ0n) is 11.8. The molecule has 3 aromatic rings. The van der Waals surface area contributed by atoms with Gasteiger partial charge in [-0.1, -0.05) is 53.0 Å². The van der Waals surface area contributed by atoms with Gasteiger partial charge in [0.1, 0.15) is 5.82 Å². The Balaban J connectivity index is 1.90. The third-order valence-electron chi connectivity index (χ3n) is 3.42. The molecule has 22 heavy (non-hydrogen) atoms. The minimum atomic E-state index is 0.629. The lowest BCUT2D eigenvalue weighted by Gasteiger charge is -2.02. The van der Waals surface area contributed by atoms with Gasteiger partial charge in [0.2, 0.25) is 0 Å². The van der Waals surface area contributed by atoms with E-state index in [-0.39, 0.29) is 0 Å². The number of nitrogens with zero attached hydrogens (tertiary/aromatic N) is 1. The monoisotopic (exact) mass is 350 g/mol. The lowest BCUT2D eigenvalue weighted by atomic mass is 10.1. The van der Waals surface area contributed by atoms with Crippen molar-refractivity contribution in [1.29, 1.82) is 0 Å². The Bertz CT molecular complexity index is 807. The first-order chi connectivity index (χ1) is 10.5. The molecule has 0 saturated heterocycles. The van der Waals surface area contributed by atoms with Crippen LogP contribution in [0.25, 0.3) is 11.3 Å². The van der Waals surface area contributed by atoms with Crippen LogP contribution in [0.3, 0.4) is 0 Å². The summed E-state index contributed by atoms with van der Waals surface area (Å²) in [6.07, 6.45) is 0.629. The number of halogens is 3. The van der Waals surface area contributed by atoms with E-state index in [2.05, 4.69) is 9.97 Å². The summed E-state index contributed by atoms with van der Waals surface area (Å²) in [5, 5.41) is 1.99. The van der Waals surface area contributed by atoms with Crippen LogP contribution in [-0.4, -0.2) is 9.97 Å². The first-order valence-corrected chi connectivity index (χ1v) is 7.91. The van der Waals surface area contributed by atoms with Crippen LogP contribution in [0.5, 0.6) is 0 Å². The third-order valence-corrected chi connectivity index (χ3v) is 4.26. The number of hydrogen-bond donors (Lipinski definition) is 1. The second-order valence-electron chi connectivity index (χ2n) is 5.08. The Labute approximate surface area is 144 Å². The SMILES string of the molecule is Cc1[nH]c(Cc2ccc(Cl)cc2Cl)nc1-c1ccc(Cl)cc1. The number of aromatic nitrogens is 2. The minimum Gasteiger partial charge on any atom is -0.345 e. The molecule has 0 fully saturated rings. The molecule has 1 aromatic heterocycles. The van der Waals surface area contributed by atoms with Gasteiger partial charge in [-0.15, -0.1) is 0 Å². The quantitative estimate of drug-likeness (QED) is 0.622. The van der Waals surface area contributed by atoms with Crippen LogP contribution in [0.1, 0.15) is 17.1 Å². The molecule has 0 bridgehead atoms. The molecule has 0 radical (unpaired) electrons. The average Bonchev–Trinajstić information content (AvgIpc) is 2.84. The van der Waals surface area contributed by atoms with Crippen molar-refractivity contribution in [3.8, 4) is 11.3 Å². The molecule has 5 heteroatoms. The molecule has 0 aliphatic heterocycles. The highest BCUT2D eigenvalue weighted by molar-refractivity contribution is 6.35. The van der Waals surface area contributed by atoms with E-state index in [4.69, 9.17) is 34.8 Å². The van der Waals surface area contributed by atoms with Crippen molar-refractivity contribution in [2.45, 2.75) is 13.3 Å². The molecule has 0 saturated carbocycles. The number of hydrogen-bond acceptors (Lipinski definition) is 1. The highest BCUT2D eigenvalue weighted by Crippen LogP contribution is 2.26. The second kappa shape index (κ2) is 6.33. The number of imidazole rings is 1. The molecule has 0 aliphatic carbocycles. The summed E-state index contributed by atoms with van der Waals surface area (Å²) in [5.74, 6) is 0.867. The number of aryl methyl sites for hydroxylation is 1. The van der Waals surface area contributed by atoms with Crippen molar-refractivity contribution in [3.05, 3.63) is 74.6 Å². The lowest BCUT2D eigenvalue weighted by molar-refractivity contribution is 1.02. The molecule has 3 rings (SSSR count). The largest absolute Gasteiger partial charge is 0.345 e. The summed E-state index contributed by atoms with van der Waals surface area (Å²) in [4.78, 5) is 7.99. The van der Waals surface area contributed by atoms with E-state index in [1.54, 1.807) is 6.07 Å². The maximum atomic E-state index is 6.22. The van der Waals surface area contributed by atoms with Crippen LogP contribution in [0.2, 0.25) is 15.1 Å². The number of aromatic amines is 1. The van der Waals surface area contributed by atoms with Gasteiger partial charge in [-0.05, 0) is 36.8 Å². The first kappa shape index (κ1) is 15.4. The van der Waals surface area contributed by atoms with E-state index >= 15 is 0 Å². The van der Waals surface area contributed by atoms with E-state index in [9.17, 15) is 0 Å². The van der Waals surface area contributed by atoms with E-state index in [1.807, 2.05) is 43.3 Å². The highest BCUT2D eigenvalue weighted by atomic mass is 35.5. The van der Waals surface area contributed by atoms with Gasteiger partial charge in [-0.3, -0.25) is 0 Å². The topological polar surface area (TPSA) is 28.7 Å². The van der Waals surface area contributed by atoms with E-state index in [1.165, 1.54) is 0 Å². The molecule has 1 heterocycles. The Morgan fingerprint density at radius 3 is 2.32 bits per heavy atom. The second-order valence-corrected chi connectivity index (χ2v) is 6.36. The summed E-state index contributed by atoms with van der Waals surface area (Å²) >= 11 is 18.1. The molecule has 0 amide bonds. The number of H-pyrrole nitrogens is 1. The molecule has 0 unspecified atom stereocenters. The van der Waals surface area contributed by atoms with Gasteiger partial charge in [0.05, 0.1) is 5.69 Å². The van der Waals surface area contributed by atoms with Gasteiger partial charge in [0.15, 0.2) is 0 Å². The number of rotatable bonds is 3. The molecule has 0 atom stereocenters. The standard InChI is InChI=1S/C17H13Cl3N2/c1-10-17(11-2-5-13(18)6-3-11)22-16(21-10)8-12-4-7-14(19)9-15(12)20/h2-7,9H,8H2,1H3,(H,21,22). The average molecular weight is 352 g/mol. The van der Waals surface area contributed by atoms with Crippen LogP contribution >= 0.6 is 34.8 Å². The normalized spacial score (nSPS) is 10.9. The van der Waals surface area contributed by atoms with Crippen molar-refractivity contribution in [1.82, 2.24) is 9.97 Å². The van der Waals surface area contributed by atoms with E-state index in [0.717, 1.165) is 28.3 Å². The van der Waals surface area contributed by atoms with Crippen molar-refractivity contribution in [3.63, 3.8) is 0 Å². The molecule has 2 nitrogen and oxygen atoms in total. The highest BCUT2D eigenvalue weighted by Gasteiger charge is 2.11. The molecule has 2 aromatic carbocycles. The first-order valence-electron chi connectivity index (χ1n) is 6.78. The van der Waals surface area contributed by atoms with Crippen LogP contribution < -0.4 is 0 Å². The van der Waals surface area contributed by atoms with Gasteiger partial charge >= 0.3 is 0 Å². The Hall–Kier alpha value is -1.48. The van der Waals surface area contributed by atoms with Crippen LogP contribution in [0.4, 0.5) is 0 Å². The zero-order valence-corrected chi connectivity index (χ0v) is 14.1. The number of nitrogens with one attached hydrogen (secondary N) is 1.